The molecule has 1 atom stereocenters. The van der Waals surface area contributed by atoms with Crippen molar-refractivity contribution >= 4 is 11.8 Å². The van der Waals surface area contributed by atoms with Crippen LogP contribution in [0.15, 0.2) is 0 Å². The standard InChI is InChI=1S/C11H21N3OS/c1-8-10(9(2)14-13-8)5-12-6-11(3,15)7-16-4/h12,15H,5-7H2,1-4H3,(H,13,14). The molecule has 16 heavy (non-hydrogen) atoms. The molecular weight excluding hydrogens is 222 g/mol. The van der Waals surface area contributed by atoms with Crippen LogP contribution in [0.4, 0.5) is 0 Å². The molecule has 0 aliphatic heterocycles. The first-order chi connectivity index (χ1) is 7.46. The topological polar surface area (TPSA) is 60.9 Å². The maximum Gasteiger partial charge on any atom is 0.0833 e. The van der Waals surface area contributed by atoms with Crippen molar-refractivity contribution in [2.45, 2.75) is 32.9 Å². The van der Waals surface area contributed by atoms with Crippen LogP contribution in [-0.2, 0) is 6.54 Å². The molecule has 3 N–H and O–H groups in total. The second-order valence-corrected chi connectivity index (χ2v) is 5.31. The molecule has 1 aromatic heterocycles. The maximum absolute atomic E-state index is 9.97. The molecule has 0 aliphatic rings. The molecule has 0 bridgehead atoms. The van der Waals surface area contributed by atoms with Crippen molar-refractivity contribution in [3.8, 4) is 0 Å². The molecule has 0 saturated heterocycles. The van der Waals surface area contributed by atoms with Crippen molar-refractivity contribution in [1.82, 2.24) is 15.5 Å². The highest BCUT2D eigenvalue weighted by atomic mass is 32.2. The lowest BCUT2D eigenvalue weighted by Gasteiger charge is -2.22. The van der Waals surface area contributed by atoms with Gasteiger partial charge >= 0.3 is 0 Å². The Kier molecular flexibility index (Phi) is 4.83. The minimum absolute atomic E-state index is 0.595. The van der Waals surface area contributed by atoms with E-state index in [0.29, 0.717) is 6.54 Å². The van der Waals surface area contributed by atoms with E-state index < -0.39 is 5.60 Å². The Labute approximate surface area is 101 Å². The summed E-state index contributed by atoms with van der Waals surface area (Å²) in [5.41, 5.74) is 2.66. The summed E-state index contributed by atoms with van der Waals surface area (Å²) in [5.74, 6) is 0.739. The van der Waals surface area contributed by atoms with Gasteiger partial charge in [-0.1, -0.05) is 0 Å². The Morgan fingerprint density at radius 2 is 2.19 bits per heavy atom. The number of hydrogen-bond acceptors (Lipinski definition) is 4. The molecule has 1 aromatic rings. The Morgan fingerprint density at radius 3 is 2.69 bits per heavy atom. The summed E-state index contributed by atoms with van der Waals surface area (Å²) in [7, 11) is 0. The van der Waals surface area contributed by atoms with E-state index in [1.807, 2.05) is 27.0 Å². The monoisotopic (exact) mass is 243 g/mol. The van der Waals surface area contributed by atoms with Crippen LogP contribution >= 0.6 is 11.8 Å². The number of aryl methyl sites for hydroxylation is 2. The van der Waals surface area contributed by atoms with Gasteiger partial charge in [-0.2, -0.15) is 16.9 Å². The summed E-state index contributed by atoms with van der Waals surface area (Å²) in [6.45, 7) is 7.19. The second kappa shape index (κ2) is 5.70. The number of aliphatic hydroxyl groups is 1. The number of aromatic amines is 1. The van der Waals surface area contributed by atoms with Crippen molar-refractivity contribution in [2.75, 3.05) is 18.6 Å². The Hall–Kier alpha value is -0.520. The first-order valence-corrected chi connectivity index (χ1v) is 6.78. The second-order valence-electron chi connectivity index (χ2n) is 4.45. The summed E-state index contributed by atoms with van der Waals surface area (Å²) < 4.78 is 0. The lowest BCUT2D eigenvalue weighted by Crippen LogP contribution is -2.39. The Morgan fingerprint density at radius 1 is 1.50 bits per heavy atom. The number of rotatable bonds is 6. The molecule has 0 spiro atoms. The van der Waals surface area contributed by atoms with Crippen molar-refractivity contribution in [3.05, 3.63) is 17.0 Å². The molecule has 0 fully saturated rings. The lowest BCUT2D eigenvalue weighted by atomic mass is 10.1. The molecule has 0 aromatic carbocycles. The summed E-state index contributed by atoms with van der Waals surface area (Å²) in [6.07, 6.45) is 2.00. The Bertz CT molecular complexity index is 316. The smallest absolute Gasteiger partial charge is 0.0833 e. The molecule has 4 nitrogen and oxygen atoms in total. The van der Waals surface area contributed by atoms with Gasteiger partial charge in [-0.15, -0.1) is 0 Å². The van der Waals surface area contributed by atoms with E-state index in [9.17, 15) is 5.11 Å². The van der Waals surface area contributed by atoms with Crippen molar-refractivity contribution < 1.29 is 5.11 Å². The fourth-order valence-electron chi connectivity index (χ4n) is 1.65. The van der Waals surface area contributed by atoms with Crippen LogP contribution in [0.2, 0.25) is 0 Å². The Balaban J connectivity index is 2.41. The highest BCUT2D eigenvalue weighted by Gasteiger charge is 2.19. The van der Waals surface area contributed by atoms with Gasteiger partial charge < -0.3 is 10.4 Å². The summed E-state index contributed by atoms with van der Waals surface area (Å²) >= 11 is 1.65. The molecule has 0 aliphatic carbocycles. The predicted molar refractivity (Wildman–Crippen MR) is 68.8 cm³/mol. The van der Waals surface area contributed by atoms with Gasteiger partial charge in [0.2, 0.25) is 0 Å². The van der Waals surface area contributed by atoms with Crippen LogP contribution in [-0.4, -0.2) is 39.5 Å². The first kappa shape index (κ1) is 13.5. The molecule has 5 heteroatoms. The van der Waals surface area contributed by atoms with E-state index in [1.54, 1.807) is 11.8 Å². The van der Waals surface area contributed by atoms with E-state index in [1.165, 1.54) is 5.56 Å². The van der Waals surface area contributed by atoms with Crippen molar-refractivity contribution in [3.63, 3.8) is 0 Å². The molecular formula is C11H21N3OS. The average molecular weight is 243 g/mol. The highest BCUT2D eigenvalue weighted by Crippen LogP contribution is 2.11. The van der Waals surface area contributed by atoms with Crippen LogP contribution < -0.4 is 5.32 Å². The third-order valence-electron chi connectivity index (χ3n) is 2.54. The fourth-order valence-corrected chi connectivity index (χ4v) is 2.38. The van der Waals surface area contributed by atoms with Crippen LogP contribution in [0.1, 0.15) is 23.9 Å². The average Bonchev–Trinajstić information content (AvgIpc) is 2.48. The van der Waals surface area contributed by atoms with E-state index in [-0.39, 0.29) is 0 Å². The lowest BCUT2D eigenvalue weighted by molar-refractivity contribution is 0.0845. The third-order valence-corrected chi connectivity index (χ3v) is 3.45. The largest absolute Gasteiger partial charge is 0.388 e. The van der Waals surface area contributed by atoms with Gasteiger partial charge in [0.15, 0.2) is 0 Å². The number of hydrogen-bond donors (Lipinski definition) is 3. The summed E-state index contributed by atoms with van der Waals surface area (Å²) in [6, 6.07) is 0. The van der Waals surface area contributed by atoms with Gasteiger partial charge in [-0.3, -0.25) is 5.10 Å². The number of nitrogens with one attached hydrogen (secondary N) is 2. The zero-order valence-electron chi connectivity index (χ0n) is 10.4. The van der Waals surface area contributed by atoms with Crippen LogP contribution in [0.25, 0.3) is 0 Å². The highest BCUT2D eigenvalue weighted by molar-refractivity contribution is 7.98. The van der Waals surface area contributed by atoms with Crippen LogP contribution in [0.5, 0.6) is 0 Å². The summed E-state index contributed by atoms with van der Waals surface area (Å²) in [4.78, 5) is 0. The van der Waals surface area contributed by atoms with E-state index >= 15 is 0 Å². The first-order valence-electron chi connectivity index (χ1n) is 5.39. The third kappa shape index (κ3) is 3.81. The molecule has 1 unspecified atom stereocenters. The number of aromatic nitrogens is 2. The maximum atomic E-state index is 9.97. The molecule has 0 amide bonds. The quantitative estimate of drug-likeness (QED) is 0.703. The number of thioether (sulfide) groups is 1. The van der Waals surface area contributed by atoms with Gasteiger partial charge in [0.1, 0.15) is 0 Å². The van der Waals surface area contributed by atoms with E-state index in [2.05, 4.69) is 15.5 Å². The van der Waals surface area contributed by atoms with E-state index in [0.717, 1.165) is 23.7 Å². The van der Waals surface area contributed by atoms with Gasteiger partial charge in [0, 0.05) is 30.1 Å². The van der Waals surface area contributed by atoms with Crippen LogP contribution in [0, 0.1) is 13.8 Å². The number of H-pyrrole nitrogens is 1. The SMILES string of the molecule is CSCC(C)(O)CNCc1c(C)n[nH]c1C. The van der Waals surface area contributed by atoms with Crippen LogP contribution in [0.3, 0.4) is 0 Å². The molecule has 0 radical (unpaired) electrons. The van der Waals surface area contributed by atoms with Gasteiger partial charge in [-0.25, -0.2) is 0 Å². The van der Waals surface area contributed by atoms with E-state index in [4.69, 9.17) is 0 Å². The fraction of sp³-hybridized carbons (Fsp3) is 0.727. The molecule has 92 valence electrons. The van der Waals surface area contributed by atoms with Gasteiger partial charge in [-0.05, 0) is 27.0 Å². The van der Waals surface area contributed by atoms with Crippen molar-refractivity contribution in [1.29, 1.82) is 0 Å². The zero-order chi connectivity index (χ0) is 12.2. The predicted octanol–water partition coefficient (Wildman–Crippen LogP) is 1.23. The van der Waals surface area contributed by atoms with Gasteiger partial charge in [0.25, 0.3) is 0 Å². The molecule has 0 saturated carbocycles. The number of nitrogens with zero attached hydrogens (tertiary/aromatic N) is 1. The minimum atomic E-state index is -0.648. The van der Waals surface area contributed by atoms with Gasteiger partial charge in [0.05, 0.1) is 11.3 Å². The minimum Gasteiger partial charge on any atom is -0.388 e. The zero-order valence-corrected chi connectivity index (χ0v) is 11.2. The molecule has 1 heterocycles. The van der Waals surface area contributed by atoms with Crippen molar-refractivity contribution in [2.24, 2.45) is 0 Å². The normalized spacial score (nSPS) is 15.1. The summed E-state index contributed by atoms with van der Waals surface area (Å²) in [5, 5.41) is 20.3. The molecule has 1 rings (SSSR count).